The fraction of sp³-hybridized carbons (Fsp3) is 0.100. The van der Waals surface area contributed by atoms with Crippen LogP contribution in [0, 0.1) is 6.92 Å². The Morgan fingerprint density at radius 2 is 1.96 bits per heavy atom. The molecule has 0 aliphatic rings. The molecule has 0 radical (unpaired) electrons. The molecule has 0 bridgehead atoms. The van der Waals surface area contributed by atoms with Crippen LogP contribution in [0.1, 0.15) is 21.8 Å². The summed E-state index contributed by atoms with van der Waals surface area (Å²) in [5.41, 5.74) is 2.64. The first-order valence-corrected chi connectivity index (χ1v) is 8.37. The summed E-state index contributed by atoms with van der Waals surface area (Å²) >= 11 is 0. The molecule has 2 N–H and O–H groups in total. The number of aromatic nitrogens is 3. The molecule has 4 rings (SSSR count). The summed E-state index contributed by atoms with van der Waals surface area (Å²) in [7, 11) is 0. The lowest BCUT2D eigenvalue weighted by Crippen LogP contribution is -2.24. The van der Waals surface area contributed by atoms with Gasteiger partial charge in [0.25, 0.3) is 11.5 Å². The van der Waals surface area contributed by atoms with Crippen molar-refractivity contribution in [2.75, 3.05) is 0 Å². The summed E-state index contributed by atoms with van der Waals surface area (Å²) in [6.07, 6.45) is 3.24. The van der Waals surface area contributed by atoms with E-state index in [9.17, 15) is 9.59 Å². The second kappa shape index (κ2) is 6.87. The molecule has 3 heterocycles. The van der Waals surface area contributed by atoms with Crippen molar-refractivity contribution >= 4 is 16.9 Å². The smallest absolute Gasteiger partial charge is 0.287 e. The van der Waals surface area contributed by atoms with Crippen LogP contribution < -0.4 is 10.9 Å². The van der Waals surface area contributed by atoms with Crippen LogP contribution in [-0.2, 0) is 6.54 Å². The average Bonchev–Trinajstić information content (AvgIpc) is 3.09. The standard InChI is InChI=1S/C20H16N4O3/c1-12-2-3-16-14(8-12)9-17(27-16)20(26)22-11-15-10-18(25)24-19(23-15)13-4-6-21-7-5-13/h2-10H,11H2,1H3,(H,22,26)(H,23,24,25). The van der Waals surface area contributed by atoms with Crippen LogP contribution in [0.3, 0.4) is 0 Å². The van der Waals surface area contributed by atoms with Gasteiger partial charge in [-0.2, -0.15) is 0 Å². The van der Waals surface area contributed by atoms with Gasteiger partial charge in [0.15, 0.2) is 5.76 Å². The number of furan rings is 1. The van der Waals surface area contributed by atoms with Crippen molar-refractivity contribution in [2.24, 2.45) is 0 Å². The Morgan fingerprint density at radius 1 is 1.15 bits per heavy atom. The van der Waals surface area contributed by atoms with E-state index in [1.807, 2.05) is 25.1 Å². The molecule has 4 aromatic rings. The van der Waals surface area contributed by atoms with Crippen molar-refractivity contribution in [3.05, 3.63) is 82.2 Å². The lowest BCUT2D eigenvalue weighted by atomic mass is 10.2. The third-order valence-electron chi connectivity index (χ3n) is 4.07. The summed E-state index contributed by atoms with van der Waals surface area (Å²) < 4.78 is 5.58. The van der Waals surface area contributed by atoms with Crippen LogP contribution in [0.2, 0.25) is 0 Å². The Labute approximate surface area is 154 Å². The molecular formula is C20H16N4O3. The first kappa shape index (κ1) is 16.7. The lowest BCUT2D eigenvalue weighted by Gasteiger charge is -2.05. The largest absolute Gasteiger partial charge is 0.451 e. The fourth-order valence-corrected chi connectivity index (χ4v) is 2.78. The molecule has 0 atom stereocenters. The zero-order chi connectivity index (χ0) is 18.8. The number of nitrogens with one attached hydrogen (secondary N) is 2. The number of hydrogen-bond acceptors (Lipinski definition) is 5. The highest BCUT2D eigenvalue weighted by atomic mass is 16.3. The van der Waals surface area contributed by atoms with Crippen molar-refractivity contribution < 1.29 is 9.21 Å². The molecular weight excluding hydrogens is 344 g/mol. The Balaban J connectivity index is 1.53. The van der Waals surface area contributed by atoms with Gasteiger partial charge in [-0.25, -0.2) is 4.98 Å². The number of nitrogens with zero attached hydrogens (tertiary/aromatic N) is 2. The summed E-state index contributed by atoms with van der Waals surface area (Å²) in [4.78, 5) is 35.3. The lowest BCUT2D eigenvalue weighted by molar-refractivity contribution is 0.0925. The van der Waals surface area contributed by atoms with Crippen molar-refractivity contribution in [2.45, 2.75) is 13.5 Å². The molecule has 0 fully saturated rings. The maximum atomic E-state index is 12.4. The van der Waals surface area contributed by atoms with Crippen molar-refractivity contribution in [3.63, 3.8) is 0 Å². The highest BCUT2D eigenvalue weighted by Crippen LogP contribution is 2.20. The van der Waals surface area contributed by atoms with Crippen LogP contribution in [0.4, 0.5) is 0 Å². The van der Waals surface area contributed by atoms with Gasteiger partial charge in [-0.15, -0.1) is 0 Å². The molecule has 7 nitrogen and oxygen atoms in total. The minimum Gasteiger partial charge on any atom is -0.451 e. The van der Waals surface area contributed by atoms with Crippen LogP contribution in [0.15, 0.2) is 64.1 Å². The van der Waals surface area contributed by atoms with Crippen molar-refractivity contribution in [1.82, 2.24) is 20.3 Å². The highest BCUT2D eigenvalue weighted by molar-refractivity contribution is 5.96. The van der Waals surface area contributed by atoms with E-state index in [2.05, 4.69) is 20.3 Å². The monoisotopic (exact) mass is 360 g/mol. The van der Waals surface area contributed by atoms with Crippen LogP contribution >= 0.6 is 0 Å². The molecule has 0 unspecified atom stereocenters. The van der Waals surface area contributed by atoms with Gasteiger partial charge in [0.05, 0.1) is 12.2 Å². The number of fused-ring (bicyclic) bond motifs is 1. The third kappa shape index (κ3) is 3.62. The quantitative estimate of drug-likeness (QED) is 0.583. The molecule has 1 aromatic carbocycles. The number of hydrogen-bond donors (Lipinski definition) is 2. The Hall–Kier alpha value is -3.74. The maximum Gasteiger partial charge on any atom is 0.287 e. The average molecular weight is 360 g/mol. The Morgan fingerprint density at radius 3 is 2.78 bits per heavy atom. The van der Waals surface area contributed by atoms with Gasteiger partial charge in [0.1, 0.15) is 11.4 Å². The SMILES string of the molecule is Cc1ccc2oc(C(=O)NCc3cc(=O)[nH]c(-c4ccncc4)n3)cc2c1. The zero-order valence-electron chi connectivity index (χ0n) is 14.5. The molecule has 0 aliphatic heterocycles. The minimum atomic E-state index is -0.364. The van der Waals surface area contributed by atoms with E-state index in [1.165, 1.54) is 6.07 Å². The molecule has 0 aliphatic carbocycles. The normalized spacial score (nSPS) is 10.9. The molecule has 134 valence electrons. The second-order valence-corrected chi connectivity index (χ2v) is 6.16. The van der Waals surface area contributed by atoms with Crippen molar-refractivity contribution in [3.8, 4) is 11.4 Å². The number of aryl methyl sites for hydroxylation is 1. The second-order valence-electron chi connectivity index (χ2n) is 6.16. The Bertz CT molecular complexity index is 1180. The van der Waals surface area contributed by atoms with Crippen LogP contribution in [0.5, 0.6) is 0 Å². The van der Waals surface area contributed by atoms with E-state index < -0.39 is 0 Å². The molecule has 0 saturated heterocycles. The number of aromatic amines is 1. The number of carbonyl (C=O) groups excluding carboxylic acids is 1. The molecule has 0 spiro atoms. The number of rotatable bonds is 4. The van der Waals surface area contributed by atoms with Crippen LogP contribution in [0.25, 0.3) is 22.4 Å². The number of amides is 1. The third-order valence-corrected chi connectivity index (χ3v) is 4.07. The van der Waals surface area contributed by atoms with E-state index >= 15 is 0 Å². The van der Waals surface area contributed by atoms with Gasteiger partial charge < -0.3 is 14.7 Å². The van der Waals surface area contributed by atoms with Crippen molar-refractivity contribution in [1.29, 1.82) is 0 Å². The molecule has 27 heavy (non-hydrogen) atoms. The van der Waals surface area contributed by atoms with Gasteiger partial charge in [0.2, 0.25) is 0 Å². The molecule has 1 amide bonds. The number of benzene rings is 1. The summed E-state index contributed by atoms with van der Waals surface area (Å²) in [5, 5.41) is 3.61. The first-order valence-electron chi connectivity index (χ1n) is 8.37. The fourth-order valence-electron chi connectivity index (χ4n) is 2.78. The predicted molar refractivity (Wildman–Crippen MR) is 100 cm³/mol. The topological polar surface area (TPSA) is 101 Å². The zero-order valence-corrected chi connectivity index (χ0v) is 14.5. The van der Waals surface area contributed by atoms with Gasteiger partial charge in [-0.3, -0.25) is 14.6 Å². The Kier molecular flexibility index (Phi) is 4.25. The van der Waals surface area contributed by atoms with Gasteiger partial charge in [-0.1, -0.05) is 11.6 Å². The van der Waals surface area contributed by atoms with Gasteiger partial charge >= 0.3 is 0 Å². The number of carbonyl (C=O) groups is 1. The summed E-state index contributed by atoms with van der Waals surface area (Å²) in [5.74, 6) is 0.277. The van der Waals surface area contributed by atoms with E-state index in [4.69, 9.17) is 4.42 Å². The van der Waals surface area contributed by atoms with Gasteiger partial charge in [-0.05, 0) is 37.3 Å². The molecule has 7 heteroatoms. The number of pyridine rings is 1. The minimum absolute atomic E-state index is 0.108. The predicted octanol–water partition coefficient (Wildman–Crippen LogP) is 2.82. The summed E-state index contributed by atoms with van der Waals surface area (Å²) in [6, 6.07) is 12.3. The van der Waals surface area contributed by atoms with E-state index in [-0.39, 0.29) is 23.8 Å². The molecule has 0 saturated carbocycles. The maximum absolute atomic E-state index is 12.4. The van der Waals surface area contributed by atoms with E-state index in [0.717, 1.165) is 16.5 Å². The van der Waals surface area contributed by atoms with E-state index in [1.54, 1.807) is 30.6 Å². The highest BCUT2D eigenvalue weighted by Gasteiger charge is 2.13. The summed E-state index contributed by atoms with van der Waals surface area (Å²) in [6.45, 7) is 2.09. The van der Waals surface area contributed by atoms with Gasteiger partial charge in [0, 0.05) is 29.4 Å². The first-order chi connectivity index (χ1) is 13.1. The number of H-pyrrole nitrogens is 1. The molecule has 3 aromatic heterocycles. The van der Waals surface area contributed by atoms with Crippen LogP contribution in [-0.4, -0.2) is 20.9 Å². The van der Waals surface area contributed by atoms with E-state index in [0.29, 0.717) is 17.1 Å².